The van der Waals surface area contributed by atoms with Crippen molar-refractivity contribution in [3.8, 4) is 0 Å². The van der Waals surface area contributed by atoms with Crippen LogP contribution in [0.1, 0.15) is 38.1 Å². The van der Waals surface area contributed by atoms with Crippen LogP contribution in [0.15, 0.2) is 18.2 Å². The summed E-state index contributed by atoms with van der Waals surface area (Å²) in [4.78, 5) is 35.2. The minimum absolute atomic E-state index is 0.0370. The molecule has 0 radical (unpaired) electrons. The monoisotopic (exact) mass is 325 g/mol. The van der Waals surface area contributed by atoms with Gasteiger partial charge in [-0.2, -0.15) is 0 Å². The smallest absolute Gasteiger partial charge is 0.253 e. The van der Waals surface area contributed by atoms with Gasteiger partial charge in [-0.15, -0.1) is 0 Å². The molecule has 0 aromatic heterocycles. The second kappa shape index (κ2) is 7.79. The molecule has 120 valence electrons. The normalized spacial score (nSPS) is 11.7. The van der Waals surface area contributed by atoms with Gasteiger partial charge in [0.1, 0.15) is 6.04 Å². The van der Waals surface area contributed by atoms with E-state index in [2.05, 4.69) is 16.0 Å². The molecule has 1 atom stereocenters. The van der Waals surface area contributed by atoms with Gasteiger partial charge in [0.05, 0.1) is 11.3 Å². The summed E-state index contributed by atoms with van der Waals surface area (Å²) in [5.41, 5.74) is 0.606. The number of anilines is 1. The first-order valence-corrected chi connectivity index (χ1v) is 7.27. The van der Waals surface area contributed by atoms with Gasteiger partial charge in [0.15, 0.2) is 0 Å². The predicted molar refractivity (Wildman–Crippen MR) is 86.0 cm³/mol. The number of nitrogens with one attached hydrogen (secondary N) is 3. The molecule has 3 amide bonds. The van der Waals surface area contributed by atoms with Crippen molar-refractivity contribution < 1.29 is 14.4 Å². The Hall–Kier alpha value is -2.08. The van der Waals surface area contributed by atoms with Gasteiger partial charge in [-0.05, 0) is 39.0 Å². The van der Waals surface area contributed by atoms with Crippen LogP contribution < -0.4 is 16.0 Å². The van der Waals surface area contributed by atoms with Gasteiger partial charge in [0, 0.05) is 18.0 Å². The fourth-order valence-electron chi connectivity index (χ4n) is 1.77. The second-order valence-electron chi connectivity index (χ2n) is 5.23. The SMILES string of the molecule is CC(=O)NC(C)C(=O)Nc1cc(Cl)ccc1C(=O)NC(C)C. The zero-order chi connectivity index (χ0) is 16.9. The van der Waals surface area contributed by atoms with Gasteiger partial charge in [-0.25, -0.2) is 0 Å². The maximum Gasteiger partial charge on any atom is 0.253 e. The molecular weight excluding hydrogens is 306 g/mol. The van der Waals surface area contributed by atoms with Gasteiger partial charge in [0.25, 0.3) is 5.91 Å². The minimum Gasteiger partial charge on any atom is -0.350 e. The van der Waals surface area contributed by atoms with Crippen LogP contribution >= 0.6 is 11.6 Å². The van der Waals surface area contributed by atoms with E-state index >= 15 is 0 Å². The van der Waals surface area contributed by atoms with Crippen LogP contribution in [0, 0.1) is 0 Å². The third kappa shape index (κ3) is 5.37. The fourth-order valence-corrected chi connectivity index (χ4v) is 1.94. The Morgan fingerprint density at radius 3 is 2.27 bits per heavy atom. The Morgan fingerprint density at radius 1 is 1.09 bits per heavy atom. The van der Waals surface area contributed by atoms with Crippen molar-refractivity contribution in [1.82, 2.24) is 10.6 Å². The standard InChI is InChI=1S/C15H20ClN3O3/c1-8(2)17-15(22)12-6-5-11(16)7-13(12)19-14(21)9(3)18-10(4)20/h5-9H,1-4H3,(H,17,22)(H,18,20)(H,19,21). The predicted octanol–water partition coefficient (Wildman–Crippen LogP) is 1.94. The first-order valence-electron chi connectivity index (χ1n) is 6.89. The molecule has 22 heavy (non-hydrogen) atoms. The summed E-state index contributed by atoms with van der Waals surface area (Å²) in [5.74, 6) is -1.06. The van der Waals surface area contributed by atoms with Crippen LogP contribution in [0.2, 0.25) is 5.02 Å². The molecule has 1 unspecified atom stereocenters. The highest BCUT2D eigenvalue weighted by molar-refractivity contribution is 6.31. The summed E-state index contributed by atoms with van der Waals surface area (Å²) in [7, 11) is 0. The molecule has 0 aliphatic carbocycles. The first kappa shape index (κ1) is 18.0. The van der Waals surface area contributed by atoms with Crippen molar-refractivity contribution >= 4 is 35.0 Å². The Balaban J connectivity index is 2.97. The molecule has 0 heterocycles. The van der Waals surface area contributed by atoms with Crippen molar-refractivity contribution in [1.29, 1.82) is 0 Å². The lowest BCUT2D eigenvalue weighted by atomic mass is 10.1. The molecule has 0 bridgehead atoms. The maximum absolute atomic E-state index is 12.1. The Morgan fingerprint density at radius 2 is 1.73 bits per heavy atom. The Labute approximate surface area is 134 Å². The summed E-state index contributed by atoms with van der Waals surface area (Å²) in [6, 6.07) is 3.85. The quantitative estimate of drug-likeness (QED) is 0.773. The molecule has 1 rings (SSSR count). The molecule has 0 saturated heterocycles. The van der Waals surface area contributed by atoms with E-state index in [0.717, 1.165) is 0 Å². The van der Waals surface area contributed by atoms with E-state index in [9.17, 15) is 14.4 Å². The molecule has 0 aliphatic heterocycles. The zero-order valence-corrected chi connectivity index (χ0v) is 13.7. The lowest BCUT2D eigenvalue weighted by Gasteiger charge is -2.16. The van der Waals surface area contributed by atoms with Crippen LogP contribution in [0.25, 0.3) is 0 Å². The van der Waals surface area contributed by atoms with E-state index < -0.39 is 11.9 Å². The van der Waals surface area contributed by atoms with Crippen molar-refractivity contribution in [2.45, 2.75) is 39.8 Å². The number of benzene rings is 1. The van der Waals surface area contributed by atoms with Gasteiger partial charge in [-0.3, -0.25) is 14.4 Å². The topological polar surface area (TPSA) is 87.3 Å². The van der Waals surface area contributed by atoms with E-state index in [1.54, 1.807) is 19.1 Å². The zero-order valence-electron chi connectivity index (χ0n) is 13.0. The van der Waals surface area contributed by atoms with E-state index in [0.29, 0.717) is 16.3 Å². The van der Waals surface area contributed by atoms with Crippen molar-refractivity contribution in [2.75, 3.05) is 5.32 Å². The van der Waals surface area contributed by atoms with Crippen LogP contribution in [0.4, 0.5) is 5.69 Å². The van der Waals surface area contributed by atoms with E-state index in [1.165, 1.54) is 13.0 Å². The molecule has 3 N–H and O–H groups in total. The molecule has 1 aromatic rings. The Kier molecular flexibility index (Phi) is 6.37. The largest absolute Gasteiger partial charge is 0.350 e. The van der Waals surface area contributed by atoms with Gasteiger partial charge in [0.2, 0.25) is 11.8 Å². The highest BCUT2D eigenvalue weighted by Crippen LogP contribution is 2.21. The van der Waals surface area contributed by atoms with Gasteiger partial charge in [-0.1, -0.05) is 11.6 Å². The van der Waals surface area contributed by atoms with Crippen molar-refractivity contribution in [3.63, 3.8) is 0 Å². The summed E-state index contributed by atoms with van der Waals surface area (Å²) in [5, 5.41) is 8.23. The van der Waals surface area contributed by atoms with Crippen LogP contribution in [0.3, 0.4) is 0 Å². The number of hydrogen-bond acceptors (Lipinski definition) is 3. The molecule has 6 nitrogen and oxygen atoms in total. The fraction of sp³-hybridized carbons (Fsp3) is 0.400. The van der Waals surface area contributed by atoms with Gasteiger partial charge >= 0.3 is 0 Å². The molecule has 0 aliphatic rings. The van der Waals surface area contributed by atoms with Crippen LogP contribution in [0.5, 0.6) is 0 Å². The highest BCUT2D eigenvalue weighted by atomic mass is 35.5. The van der Waals surface area contributed by atoms with Crippen molar-refractivity contribution in [3.05, 3.63) is 28.8 Å². The van der Waals surface area contributed by atoms with Crippen LogP contribution in [-0.4, -0.2) is 29.8 Å². The third-order valence-corrected chi connectivity index (χ3v) is 2.95. The minimum atomic E-state index is -0.725. The number of halogens is 1. The number of amides is 3. The number of carbonyl (C=O) groups excluding carboxylic acids is 3. The summed E-state index contributed by atoms with van der Waals surface area (Å²) in [6.45, 7) is 6.55. The van der Waals surface area contributed by atoms with E-state index in [4.69, 9.17) is 11.6 Å². The van der Waals surface area contributed by atoms with Crippen LogP contribution in [-0.2, 0) is 9.59 Å². The maximum atomic E-state index is 12.1. The first-order chi connectivity index (χ1) is 10.2. The lowest BCUT2D eigenvalue weighted by Crippen LogP contribution is -2.41. The molecule has 1 aromatic carbocycles. The highest BCUT2D eigenvalue weighted by Gasteiger charge is 2.18. The molecule has 0 saturated carbocycles. The number of carbonyl (C=O) groups is 3. The number of hydrogen-bond donors (Lipinski definition) is 3. The van der Waals surface area contributed by atoms with E-state index in [1.807, 2.05) is 13.8 Å². The summed E-state index contributed by atoms with van der Waals surface area (Å²) < 4.78 is 0. The molecular formula is C15H20ClN3O3. The van der Waals surface area contributed by atoms with Crippen molar-refractivity contribution in [2.24, 2.45) is 0 Å². The molecule has 7 heteroatoms. The number of rotatable bonds is 5. The van der Waals surface area contributed by atoms with Gasteiger partial charge < -0.3 is 16.0 Å². The second-order valence-corrected chi connectivity index (χ2v) is 5.67. The lowest BCUT2D eigenvalue weighted by molar-refractivity contribution is -0.124. The summed E-state index contributed by atoms with van der Waals surface area (Å²) >= 11 is 5.92. The average molecular weight is 326 g/mol. The molecule has 0 spiro atoms. The summed E-state index contributed by atoms with van der Waals surface area (Å²) in [6.07, 6.45) is 0. The third-order valence-electron chi connectivity index (χ3n) is 2.72. The molecule has 0 fully saturated rings. The Bertz CT molecular complexity index is 587. The van der Waals surface area contributed by atoms with E-state index in [-0.39, 0.29) is 17.9 Å². The average Bonchev–Trinajstić information content (AvgIpc) is 2.36.